The molecule has 1 saturated heterocycles. The van der Waals surface area contributed by atoms with E-state index in [1.807, 2.05) is 24.3 Å². The molecule has 2 rings (SSSR count). The summed E-state index contributed by atoms with van der Waals surface area (Å²) in [4.78, 5) is 14.2. The summed E-state index contributed by atoms with van der Waals surface area (Å²) in [5.74, 6) is -0.0627. The van der Waals surface area contributed by atoms with Gasteiger partial charge in [-0.05, 0) is 23.5 Å². The molecule has 0 bridgehead atoms. The normalized spacial score (nSPS) is 16.5. The van der Waals surface area contributed by atoms with Gasteiger partial charge in [-0.2, -0.15) is 13.1 Å². The maximum atomic E-state index is 12.6. The van der Waals surface area contributed by atoms with Crippen molar-refractivity contribution in [1.82, 2.24) is 9.62 Å². The number of carbonyl (C=O) groups is 1. The summed E-state index contributed by atoms with van der Waals surface area (Å²) >= 11 is 0. The van der Waals surface area contributed by atoms with Crippen molar-refractivity contribution in [3.05, 3.63) is 35.4 Å². The third-order valence-electron chi connectivity index (χ3n) is 3.47. The van der Waals surface area contributed by atoms with Crippen molar-refractivity contribution in [3.8, 4) is 0 Å². The van der Waals surface area contributed by atoms with Crippen molar-refractivity contribution >= 4 is 16.1 Å². The molecule has 0 saturated carbocycles. The number of nitrogens with one attached hydrogen (secondary N) is 1. The molecule has 0 radical (unpaired) electrons. The van der Waals surface area contributed by atoms with Crippen LogP contribution >= 0.6 is 0 Å². The molecule has 6 nitrogen and oxygen atoms in total. The maximum absolute atomic E-state index is 12.6. The topological polar surface area (TPSA) is 92.5 Å². The summed E-state index contributed by atoms with van der Waals surface area (Å²) in [6, 6.07) is 7.27. The van der Waals surface area contributed by atoms with E-state index in [0.717, 1.165) is 12.0 Å². The lowest BCUT2D eigenvalue weighted by Crippen LogP contribution is -2.61. The third-order valence-corrected chi connectivity index (χ3v) is 4.13. The van der Waals surface area contributed by atoms with Crippen LogP contribution in [0.3, 0.4) is 0 Å². The van der Waals surface area contributed by atoms with E-state index >= 15 is 0 Å². The molecule has 1 fully saturated rings. The standard InChI is InChI=1S/C15H23N3O3S/c1-15(2,3)8-11-6-4-5-7-13(11)14(19)18-9-12(10-18)17-22(16,20)21/h4-7,12,17H,8-10H2,1-3H3,(H2,16,20,21). The molecule has 0 unspecified atom stereocenters. The molecule has 0 spiro atoms. The van der Waals surface area contributed by atoms with Gasteiger partial charge in [0, 0.05) is 18.7 Å². The van der Waals surface area contributed by atoms with E-state index in [-0.39, 0.29) is 17.4 Å². The minimum Gasteiger partial charge on any atom is -0.335 e. The highest BCUT2D eigenvalue weighted by Crippen LogP contribution is 2.24. The minimum absolute atomic E-state index is 0.0627. The average molecular weight is 325 g/mol. The molecule has 0 aliphatic carbocycles. The Morgan fingerprint density at radius 1 is 1.32 bits per heavy atom. The van der Waals surface area contributed by atoms with Crippen LogP contribution in [0.4, 0.5) is 0 Å². The van der Waals surface area contributed by atoms with Crippen LogP contribution in [0.5, 0.6) is 0 Å². The summed E-state index contributed by atoms with van der Waals surface area (Å²) in [5, 5.41) is 4.93. The van der Waals surface area contributed by atoms with Gasteiger partial charge >= 0.3 is 0 Å². The predicted molar refractivity (Wildman–Crippen MR) is 85.5 cm³/mol. The Bertz CT molecular complexity index is 659. The molecule has 1 aliphatic heterocycles. The lowest BCUT2D eigenvalue weighted by Gasteiger charge is -2.39. The summed E-state index contributed by atoms with van der Waals surface area (Å²) in [6.07, 6.45) is 0.807. The van der Waals surface area contributed by atoms with Crippen molar-refractivity contribution in [2.75, 3.05) is 13.1 Å². The van der Waals surface area contributed by atoms with Crippen molar-refractivity contribution in [2.45, 2.75) is 33.2 Å². The molecule has 122 valence electrons. The number of likely N-dealkylation sites (tertiary alicyclic amines) is 1. The van der Waals surface area contributed by atoms with Crippen LogP contribution in [-0.4, -0.2) is 38.4 Å². The monoisotopic (exact) mass is 325 g/mol. The Morgan fingerprint density at radius 2 is 1.91 bits per heavy atom. The van der Waals surface area contributed by atoms with E-state index in [1.54, 1.807) is 4.90 Å². The maximum Gasteiger partial charge on any atom is 0.274 e. The molecule has 1 amide bonds. The van der Waals surface area contributed by atoms with Gasteiger partial charge in [-0.1, -0.05) is 39.0 Å². The molecule has 1 aliphatic rings. The van der Waals surface area contributed by atoms with E-state index in [9.17, 15) is 13.2 Å². The second-order valence-corrected chi connectivity index (χ2v) is 8.29. The lowest BCUT2D eigenvalue weighted by atomic mass is 9.86. The first kappa shape index (κ1) is 16.9. The Morgan fingerprint density at radius 3 is 2.45 bits per heavy atom. The Kier molecular flexibility index (Phi) is 4.60. The van der Waals surface area contributed by atoms with Crippen molar-refractivity contribution in [1.29, 1.82) is 0 Å². The largest absolute Gasteiger partial charge is 0.335 e. The summed E-state index contributed by atoms with van der Waals surface area (Å²) in [6.45, 7) is 7.08. The van der Waals surface area contributed by atoms with Crippen molar-refractivity contribution in [3.63, 3.8) is 0 Å². The Balaban J connectivity index is 2.06. The zero-order chi connectivity index (χ0) is 16.5. The Labute approximate surface area is 131 Å². The molecule has 7 heteroatoms. The fraction of sp³-hybridized carbons (Fsp3) is 0.533. The molecule has 0 atom stereocenters. The highest BCUT2D eigenvalue weighted by Gasteiger charge is 2.34. The first-order chi connectivity index (χ1) is 10.1. The second kappa shape index (κ2) is 5.98. The van der Waals surface area contributed by atoms with E-state index in [1.165, 1.54) is 0 Å². The van der Waals surface area contributed by atoms with Crippen LogP contribution in [0.25, 0.3) is 0 Å². The lowest BCUT2D eigenvalue weighted by molar-refractivity contribution is 0.0590. The first-order valence-electron chi connectivity index (χ1n) is 7.22. The van der Waals surface area contributed by atoms with E-state index in [2.05, 4.69) is 25.5 Å². The van der Waals surface area contributed by atoms with Gasteiger partial charge < -0.3 is 4.90 Å². The molecule has 1 aromatic rings. The van der Waals surface area contributed by atoms with Crippen LogP contribution in [0.2, 0.25) is 0 Å². The van der Waals surface area contributed by atoms with Gasteiger partial charge in [0.2, 0.25) is 0 Å². The number of carbonyl (C=O) groups excluding carboxylic acids is 1. The number of hydrogen-bond donors (Lipinski definition) is 2. The van der Waals surface area contributed by atoms with Crippen LogP contribution in [0, 0.1) is 5.41 Å². The zero-order valence-electron chi connectivity index (χ0n) is 13.2. The summed E-state index contributed by atoms with van der Waals surface area (Å²) < 4.78 is 24.2. The minimum atomic E-state index is -3.72. The van der Waals surface area contributed by atoms with Gasteiger partial charge in [0.15, 0.2) is 0 Å². The van der Waals surface area contributed by atoms with Crippen LogP contribution in [0.15, 0.2) is 24.3 Å². The van der Waals surface area contributed by atoms with Crippen molar-refractivity contribution < 1.29 is 13.2 Å². The fourth-order valence-corrected chi connectivity index (χ4v) is 3.19. The van der Waals surface area contributed by atoms with Gasteiger partial charge in [-0.3, -0.25) is 4.79 Å². The number of nitrogens with two attached hydrogens (primary N) is 1. The molecule has 1 heterocycles. The number of amides is 1. The van der Waals surface area contributed by atoms with E-state index in [4.69, 9.17) is 5.14 Å². The number of rotatable bonds is 4. The molecule has 22 heavy (non-hydrogen) atoms. The Hall–Kier alpha value is -1.44. The average Bonchev–Trinajstić information content (AvgIpc) is 2.30. The van der Waals surface area contributed by atoms with E-state index < -0.39 is 10.2 Å². The van der Waals surface area contributed by atoms with Gasteiger partial charge in [0.05, 0.1) is 6.04 Å². The molecule has 0 aromatic heterocycles. The molecular formula is C15H23N3O3S. The third kappa shape index (κ3) is 4.53. The number of benzene rings is 1. The summed E-state index contributed by atoms with van der Waals surface area (Å²) in [7, 11) is -3.72. The fourth-order valence-electron chi connectivity index (χ4n) is 2.58. The van der Waals surface area contributed by atoms with Gasteiger partial charge in [-0.15, -0.1) is 0 Å². The van der Waals surface area contributed by atoms with Gasteiger partial charge in [0.1, 0.15) is 0 Å². The summed E-state index contributed by atoms with van der Waals surface area (Å²) in [5.41, 5.74) is 1.79. The van der Waals surface area contributed by atoms with E-state index in [0.29, 0.717) is 18.7 Å². The molecule has 1 aromatic carbocycles. The quantitative estimate of drug-likeness (QED) is 0.861. The highest BCUT2D eigenvalue weighted by atomic mass is 32.2. The van der Waals surface area contributed by atoms with Crippen LogP contribution < -0.4 is 9.86 Å². The predicted octanol–water partition coefficient (Wildman–Crippen LogP) is 0.893. The highest BCUT2D eigenvalue weighted by molar-refractivity contribution is 7.87. The number of nitrogens with zero attached hydrogens (tertiary/aromatic N) is 1. The van der Waals surface area contributed by atoms with Crippen LogP contribution in [0.1, 0.15) is 36.7 Å². The zero-order valence-corrected chi connectivity index (χ0v) is 14.0. The number of hydrogen-bond acceptors (Lipinski definition) is 3. The van der Waals surface area contributed by atoms with Gasteiger partial charge in [0.25, 0.3) is 16.1 Å². The second-order valence-electron chi connectivity index (χ2n) is 6.96. The van der Waals surface area contributed by atoms with Crippen molar-refractivity contribution in [2.24, 2.45) is 10.6 Å². The van der Waals surface area contributed by atoms with Gasteiger partial charge in [-0.25, -0.2) is 5.14 Å². The smallest absolute Gasteiger partial charge is 0.274 e. The SMILES string of the molecule is CC(C)(C)Cc1ccccc1C(=O)N1CC(NS(N)(=O)=O)C1. The van der Waals surface area contributed by atoms with Crippen LogP contribution in [-0.2, 0) is 16.6 Å². The molecular weight excluding hydrogens is 302 g/mol. The first-order valence-corrected chi connectivity index (χ1v) is 8.77. The molecule has 3 N–H and O–H groups in total.